The summed E-state index contributed by atoms with van der Waals surface area (Å²) in [7, 11) is 0. The molecule has 0 aliphatic rings. The Balaban J connectivity index is 3.20. The molecule has 0 fully saturated rings. The van der Waals surface area contributed by atoms with E-state index in [-0.39, 0.29) is 4.29 Å². The van der Waals surface area contributed by atoms with Gasteiger partial charge in [0.1, 0.15) is 4.29 Å². The van der Waals surface area contributed by atoms with E-state index in [1.54, 1.807) is 0 Å². The molecule has 34 valence electrons. The van der Waals surface area contributed by atoms with E-state index in [2.05, 4.69) is 27.2 Å². The molecule has 0 heterocycles. The molecule has 0 amide bonds. The van der Waals surface area contributed by atoms with Gasteiger partial charge < -0.3 is 0 Å². The second-order valence-electron chi connectivity index (χ2n) is 0.540. The van der Waals surface area contributed by atoms with Crippen molar-refractivity contribution in [1.82, 2.24) is 0 Å². The van der Waals surface area contributed by atoms with Crippen molar-refractivity contribution in [3.8, 4) is 11.3 Å². The van der Waals surface area contributed by atoms with Gasteiger partial charge in [0.05, 0.1) is 0 Å². The molecular weight excluding hydrogens is 187 g/mol. The quantitative estimate of drug-likeness (QED) is 0.403. The molecule has 0 aliphatic carbocycles. The van der Waals surface area contributed by atoms with Gasteiger partial charge >= 0.3 is 0 Å². The first-order valence-electron chi connectivity index (χ1n) is 1.16. The number of halogens is 3. The van der Waals surface area contributed by atoms with Crippen molar-refractivity contribution in [3.05, 3.63) is 0 Å². The van der Waals surface area contributed by atoms with Crippen LogP contribution in [0.5, 0.6) is 0 Å². The van der Waals surface area contributed by atoms with Gasteiger partial charge in [0.2, 0.25) is 0 Å². The number of alkyl halides is 2. The molecule has 0 rings (SSSR count). The van der Waals surface area contributed by atoms with Gasteiger partial charge in [0.25, 0.3) is 0 Å². The molecule has 0 saturated carbocycles. The van der Waals surface area contributed by atoms with Crippen molar-refractivity contribution in [2.24, 2.45) is 0 Å². The molecule has 3 heteroatoms. The van der Waals surface area contributed by atoms with Crippen LogP contribution in [0.3, 0.4) is 0 Å². The SMILES string of the molecule is ClC#CC(Cl)Br. The lowest BCUT2D eigenvalue weighted by molar-refractivity contribution is 1.81. The summed E-state index contributed by atoms with van der Waals surface area (Å²) in [5, 5.41) is 2.11. The van der Waals surface area contributed by atoms with E-state index in [0.717, 1.165) is 0 Å². The molecule has 0 bridgehead atoms. The highest BCUT2D eigenvalue weighted by Crippen LogP contribution is 2.00. The van der Waals surface area contributed by atoms with Crippen LogP contribution in [0.4, 0.5) is 0 Å². The van der Waals surface area contributed by atoms with Gasteiger partial charge in [-0.2, -0.15) is 0 Å². The van der Waals surface area contributed by atoms with Crippen molar-refractivity contribution < 1.29 is 0 Å². The zero-order valence-corrected chi connectivity index (χ0v) is 5.81. The van der Waals surface area contributed by atoms with Crippen LogP contribution in [0.2, 0.25) is 0 Å². The molecule has 0 N–H and O–H groups in total. The molecule has 0 radical (unpaired) electrons. The van der Waals surface area contributed by atoms with E-state index in [1.807, 2.05) is 0 Å². The average Bonchev–Trinajstić information content (AvgIpc) is 1.35. The molecule has 0 saturated heterocycles. The smallest absolute Gasteiger partial charge is 0.0960 e. The lowest BCUT2D eigenvalue weighted by atomic mass is 10.8. The third kappa shape index (κ3) is 4.62. The Morgan fingerprint density at radius 2 is 2.17 bits per heavy atom. The van der Waals surface area contributed by atoms with E-state index in [1.165, 1.54) is 0 Å². The first kappa shape index (κ1) is 6.62. The van der Waals surface area contributed by atoms with Crippen LogP contribution in [0, 0.1) is 11.3 Å². The minimum absolute atomic E-state index is 0.310. The Kier molecular flexibility index (Phi) is 4.19. The monoisotopic (exact) mass is 186 g/mol. The predicted octanol–water partition coefficient (Wildman–Crippen LogP) is 2.15. The Labute approximate surface area is 54.9 Å². The molecule has 1 atom stereocenters. The maximum absolute atomic E-state index is 5.24. The minimum atomic E-state index is -0.310. The van der Waals surface area contributed by atoms with E-state index in [9.17, 15) is 0 Å². The van der Waals surface area contributed by atoms with Gasteiger partial charge in [-0.15, -0.1) is 0 Å². The van der Waals surface area contributed by atoms with Crippen LogP contribution in [-0.4, -0.2) is 4.29 Å². The molecule has 0 aromatic rings. The van der Waals surface area contributed by atoms with Crippen molar-refractivity contribution in [2.75, 3.05) is 0 Å². The topological polar surface area (TPSA) is 0 Å². The molecule has 0 aliphatic heterocycles. The first-order valence-corrected chi connectivity index (χ1v) is 2.89. The van der Waals surface area contributed by atoms with E-state index in [4.69, 9.17) is 23.2 Å². The summed E-state index contributed by atoms with van der Waals surface area (Å²) < 4.78 is -0.310. The van der Waals surface area contributed by atoms with Gasteiger partial charge in [-0.1, -0.05) is 33.5 Å². The molecule has 0 aromatic carbocycles. The van der Waals surface area contributed by atoms with Crippen molar-refractivity contribution in [1.29, 1.82) is 0 Å². The van der Waals surface area contributed by atoms with Crippen LogP contribution in [0.15, 0.2) is 0 Å². The summed E-state index contributed by atoms with van der Waals surface area (Å²) in [5.74, 6) is 2.41. The van der Waals surface area contributed by atoms with Gasteiger partial charge in [0.15, 0.2) is 0 Å². The Bertz CT molecular complexity index is 78.5. The molecule has 6 heavy (non-hydrogen) atoms. The third-order valence-corrected chi connectivity index (χ3v) is 0.611. The van der Waals surface area contributed by atoms with Gasteiger partial charge in [-0.25, -0.2) is 0 Å². The zero-order chi connectivity index (χ0) is 4.99. The number of hydrogen-bond acceptors (Lipinski definition) is 0. The fourth-order valence-corrected chi connectivity index (χ4v) is 0.507. The Morgan fingerprint density at radius 1 is 1.67 bits per heavy atom. The summed E-state index contributed by atoms with van der Waals surface area (Å²) >= 11 is 13.1. The van der Waals surface area contributed by atoms with Crippen LogP contribution in [-0.2, 0) is 0 Å². The predicted molar refractivity (Wildman–Crippen MR) is 32.2 cm³/mol. The largest absolute Gasteiger partial charge is 0.150 e. The number of hydrogen-bond donors (Lipinski definition) is 0. The maximum atomic E-state index is 5.24. The number of rotatable bonds is 0. The van der Waals surface area contributed by atoms with Crippen molar-refractivity contribution in [2.45, 2.75) is 4.29 Å². The highest BCUT2D eigenvalue weighted by atomic mass is 79.9. The van der Waals surface area contributed by atoms with Crippen LogP contribution < -0.4 is 0 Å². The first-order chi connectivity index (χ1) is 2.77. The van der Waals surface area contributed by atoms with Gasteiger partial charge in [-0.05, 0) is 11.6 Å². The standard InChI is InChI=1S/C3HBrCl2/c4-3(6)1-2-5/h3H. The van der Waals surface area contributed by atoms with Gasteiger partial charge in [0, 0.05) is 5.38 Å². The Hall–Kier alpha value is 0.620. The van der Waals surface area contributed by atoms with Crippen molar-refractivity contribution in [3.63, 3.8) is 0 Å². The fraction of sp³-hybridized carbons (Fsp3) is 0.333. The van der Waals surface area contributed by atoms with E-state index < -0.39 is 0 Å². The third-order valence-electron chi connectivity index (χ3n) is 0.164. The highest BCUT2D eigenvalue weighted by molar-refractivity contribution is 9.10. The highest BCUT2D eigenvalue weighted by Gasteiger charge is 1.82. The summed E-state index contributed by atoms with van der Waals surface area (Å²) in [5.41, 5.74) is 0. The molecular formula is C3HBrCl2. The summed E-state index contributed by atoms with van der Waals surface area (Å²) in [6.07, 6.45) is 0. The molecule has 0 aromatic heterocycles. The van der Waals surface area contributed by atoms with Crippen LogP contribution in [0.25, 0.3) is 0 Å². The Morgan fingerprint density at radius 3 is 2.17 bits per heavy atom. The normalized spacial score (nSPS) is 11.8. The van der Waals surface area contributed by atoms with Gasteiger partial charge in [-0.3, -0.25) is 0 Å². The fourth-order valence-electron chi connectivity index (χ4n) is 0.0412. The summed E-state index contributed by atoms with van der Waals surface area (Å²) in [6, 6.07) is 0. The molecule has 1 unspecified atom stereocenters. The van der Waals surface area contributed by atoms with Crippen LogP contribution >= 0.6 is 39.1 Å². The van der Waals surface area contributed by atoms with Crippen LogP contribution in [0.1, 0.15) is 0 Å². The maximum Gasteiger partial charge on any atom is 0.150 e. The van der Waals surface area contributed by atoms with E-state index >= 15 is 0 Å². The molecule has 0 spiro atoms. The second-order valence-corrected chi connectivity index (χ2v) is 2.61. The molecule has 0 nitrogen and oxygen atoms in total. The van der Waals surface area contributed by atoms with E-state index in [0.29, 0.717) is 0 Å². The minimum Gasteiger partial charge on any atom is -0.0960 e. The summed E-state index contributed by atoms with van der Waals surface area (Å²) in [6.45, 7) is 0. The lowest BCUT2D eigenvalue weighted by Gasteiger charge is -1.75. The average molecular weight is 188 g/mol. The lowest BCUT2D eigenvalue weighted by Crippen LogP contribution is -1.70. The summed E-state index contributed by atoms with van der Waals surface area (Å²) in [4.78, 5) is 0. The van der Waals surface area contributed by atoms with Crippen molar-refractivity contribution >= 4 is 39.1 Å². The second kappa shape index (κ2) is 3.80. The zero-order valence-electron chi connectivity index (χ0n) is 2.71.